The predicted molar refractivity (Wildman–Crippen MR) is 129 cm³/mol. The lowest BCUT2D eigenvalue weighted by atomic mass is 9.99. The summed E-state index contributed by atoms with van der Waals surface area (Å²) in [5.74, 6) is 0.919. The van der Waals surface area contributed by atoms with Gasteiger partial charge >= 0.3 is 0 Å². The van der Waals surface area contributed by atoms with Crippen LogP contribution in [0, 0.1) is 10.1 Å². The number of hydrogen-bond acceptors (Lipinski definition) is 4. The van der Waals surface area contributed by atoms with E-state index >= 15 is 0 Å². The molecule has 0 amide bonds. The van der Waals surface area contributed by atoms with E-state index in [0.29, 0.717) is 6.61 Å². The number of unbranched alkanes of at least 4 members (excludes halogenated alkanes) is 1. The molecule has 5 heteroatoms. The minimum atomic E-state index is -0.345. The minimum Gasteiger partial charge on any atom is -0.489 e. The maximum absolute atomic E-state index is 10.9. The van der Waals surface area contributed by atoms with E-state index in [9.17, 15) is 10.1 Å². The highest BCUT2D eigenvalue weighted by molar-refractivity contribution is 5.37. The highest BCUT2D eigenvalue weighted by Gasteiger charge is 2.07. The molecule has 3 aromatic carbocycles. The molecular formula is C27H32N2O3. The first-order chi connectivity index (χ1) is 15.7. The second kappa shape index (κ2) is 12.6. The smallest absolute Gasteiger partial charge is 0.269 e. The quantitative estimate of drug-likeness (QED) is 0.208. The number of non-ortho nitro benzene ring substituents is 1. The average Bonchev–Trinajstić information content (AvgIpc) is 2.82. The fraction of sp³-hybridized carbons (Fsp3) is 0.333. The van der Waals surface area contributed by atoms with Gasteiger partial charge in [-0.3, -0.25) is 10.1 Å². The summed E-state index contributed by atoms with van der Waals surface area (Å²) < 4.78 is 6.02. The highest BCUT2D eigenvalue weighted by Crippen LogP contribution is 2.21. The van der Waals surface area contributed by atoms with Crippen molar-refractivity contribution in [2.45, 2.75) is 45.6 Å². The predicted octanol–water partition coefficient (Wildman–Crippen LogP) is 5.89. The molecule has 1 N–H and O–H groups in total. The van der Waals surface area contributed by atoms with Gasteiger partial charge in [-0.1, -0.05) is 61.9 Å². The lowest BCUT2D eigenvalue weighted by Crippen LogP contribution is -2.20. The Morgan fingerprint density at radius 1 is 0.844 bits per heavy atom. The van der Waals surface area contributed by atoms with Gasteiger partial charge in [0.2, 0.25) is 0 Å². The third-order valence-corrected chi connectivity index (χ3v) is 5.51. The van der Waals surface area contributed by atoms with Crippen LogP contribution in [0.1, 0.15) is 42.0 Å². The number of hydrogen-bond donors (Lipinski definition) is 1. The Kier molecular flexibility index (Phi) is 9.26. The fourth-order valence-electron chi connectivity index (χ4n) is 3.68. The Morgan fingerprint density at radius 3 is 2.41 bits per heavy atom. The minimum absolute atomic E-state index is 0.151. The summed E-state index contributed by atoms with van der Waals surface area (Å²) in [4.78, 5) is 10.6. The molecule has 0 spiro atoms. The maximum Gasteiger partial charge on any atom is 0.269 e. The summed E-state index contributed by atoms with van der Waals surface area (Å²) in [6, 6.07) is 23.5. The van der Waals surface area contributed by atoms with Gasteiger partial charge in [0, 0.05) is 12.1 Å². The summed E-state index contributed by atoms with van der Waals surface area (Å²) >= 11 is 0. The Hall–Kier alpha value is -3.18. The molecule has 3 aromatic rings. The van der Waals surface area contributed by atoms with E-state index in [1.54, 1.807) is 12.1 Å². The van der Waals surface area contributed by atoms with Gasteiger partial charge in [-0.25, -0.2) is 0 Å². The van der Waals surface area contributed by atoms with Crippen LogP contribution >= 0.6 is 0 Å². The van der Waals surface area contributed by atoms with Gasteiger partial charge in [0.15, 0.2) is 0 Å². The van der Waals surface area contributed by atoms with Gasteiger partial charge in [0.25, 0.3) is 5.69 Å². The summed E-state index contributed by atoms with van der Waals surface area (Å²) in [5, 5.41) is 14.4. The van der Waals surface area contributed by atoms with Gasteiger partial charge in [-0.2, -0.15) is 0 Å². The van der Waals surface area contributed by atoms with Crippen molar-refractivity contribution >= 4 is 5.69 Å². The van der Waals surface area contributed by atoms with E-state index < -0.39 is 0 Å². The highest BCUT2D eigenvalue weighted by atomic mass is 16.6. The largest absolute Gasteiger partial charge is 0.489 e. The van der Waals surface area contributed by atoms with E-state index in [4.69, 9.17) is 4.74 Å². The molecule has 3 rings (SSSR count). The zero-order valence-electron chi connectivity index (χ0n) is 18.8. The molecule has 0 bridgehead atoms. The van der Waals surface area contributed by atoms with Crippen molar-refractivity contribution in [3.63, 3.8) is 0 Å². The lowest BCUT2D eigenvalue weighted by Gasteiger charge is -2.13. The third-order valence-electron chi connectivity index (χ3n) is 5.51. The Balaban J connectivity index is 1.50. The van der Waals surface area contributed by atoms with Crippen molar-refractivity contribution in [3.8, 4) is 5.75 Å². The molecule has 0 aliphatic carbocycles. The van der Waals surface area contributed by atoms with Crippen molar-refractivity contribution in [1.82, 2.24) is 5.32 Å². The molecule has 0 fully saturated rings. The lowest BCUT2D eigenvalue weighted by molar-refractivity contribution is -0.384. The van der Waals surface area contributed by atoms with Crippen molar-refractivity contribution in [2.75, 3.05) is 13.1 Å². The third kappa shape index (κ3) is 7.50. The molecule has 5 nitrogen and oxygen atoms in total. The van der Waals surface area contributed by atoms with Crippen molar-refractivity contribution in [3.05, 3.63) is 105 Å². The summed E-state index contributed by atoms with van der Waals surface area (Å²) in [6.45, 7) is 4.46. The van der Waals surface area contributed by atoms with Crippen LogP contribution in [0.4, 0.5) is 5.69 Å². The number of aryl methyl sites for hydroxylation is 1. The van der Waals surface area contributed by atoms with E-state index in [0.717, 1.165) is 56.5 Å². The SMILES string of the molecule is CCCCc1cc(OCc2ccccc2)ccc1CCNCCc1cccc([N+](=O)[O-])c1. The maximum atomic E-state index is 10.9. The van der Waals surface area contributed by atoms with Gasteiger partial charge < -0.3 is 10.1 Å². The first-order valence-corrected chi connectivity index (χ1v) is 11.4. The molecular weight excluding hydrogens is 400 g/mol. The zero-order valence-corrected chi connectivity index (χ0v) is 18.8. The molecule has 32 heavy (non-hydrogen) atoms. The summed E-state index contributed by atoms with van der Waals surface area (Å²) in [5.41, 5.74) is 5.01. The fourth-order valence-corrected chi connectivity index (χ4v) is 3.68. The van der Waals surface area contributed by atoms with E-state index in [1.807, 2.05) is 24.3 Å². The molecule has 0 radical (unpaired) electrons. The van der Waals surface area contributed by atoms with E-state index in [-0.39, 0.29) is 10.6 Å². The molecule has 168 valence electrons. The van der Waals surface area contributed by atoms with Crippen LogP contribution in [0.2, 0.25) is 0 Å². The number of nitrogens with one attached hydrogen (secondary N) is 1. The Labute approximate surface area is 190 Å². The van der Waals surface area contributed by atoms with Crippen LogP contribution in [0.3, 0.4) is 0 Å². The van der Waals surface area contributed by atoms with Crippen LogP contribution < -0.4 is 10.1 Å². The number of ether oxygens (including phenoxy) is 1. The van der Waals surface area contributed by atoms with Crippen LogP contribution in [-0.4, -0.2) is 18.0 Å². The van der Waals surface area contributed by atoms with E-state index in [1.165, 1.54) is 22.8 Å². The van der Waals surface area contributed by atoms with Crippen LogP contribution in [-0.2, 0) is 25.9 Å². The standard InChI is InChI=1S/C27H32N2O3/c1-2-3-11-25-20-27(32-21-23-8-5-4-6-9-23)14-13-24(25)16-18-28-17-15-22-10-7-12-26(19-22)29(30)31/h4-10,12-14,19-20,28H,2-3,11,15-18,21H2,1H3. The van der Waals surface area contributed by atoms with Crippen molar-refractivity contribution in [1.29, 1.82) is 0 Å². The number of nitrogens with zero attached hydrogens (tertiary/aromatic N) is 1. The van der Waals surface area contributed by atoms with E-state index in [2.05, 4.69) is 42.6 Å². The second-order valence-corrected chi connectivity index (χ2v) is 7.99. The molecule has 0 atom stereocenters. The van der Waals surface area contributed by atoms with Crippen LogP contribution in [0.5, 0.6) is 5.75 Å². The second-order valence-electron chi connectivity index (χ2n) is 7.99. The van der Waals surface area contributed by atoms with Gasteiger partial charge in [-0.15, -0.1) is 0 Å². The van der Waals surface area contributed by atoms with Gasteiger partial charge in [0.1, 0.15) is 12.4 Å². The van der Waals surface area contributed by atoms with Crippen molar-refractivity contribution in [2.24, 2.45) is 0 Å². The van der Waals surface area contributed by atoms with Gasteiger partial charge in [-0.05, 0) is 73.2 Å². The molecule has 0 unspecified atom stereocenters. The molecule has 0 aliphatic rings. The molecule has 0 heterocycles. The first-order valence-electron chi connectivity index (χ1n) is 11.4. The normalized spacial score (nSPS) is 10.8. The molecule has 0 saturated heterocycles. The van der Waals surface area contributed by atoms with Gasteiger partial charge in [0.05, 0.1) is 4.92 Å². The Bertz CT molecular complexity index is 989. The number of nitro benzene ring substituents is 1. The Morgan fingerprint density at radius 2 is 1.62 bits per heavy atom. The summed E-state index contributed by atoms with van der Waals surface area (Å²) in [6.07, 6.45) is 5.11. The van der Waals surface area contributed by atoms with Crippen LogP contribution in [0.15, 0.2) is 72.8 Å². The topological polar surface area (TPSA) is 64.4 Å². The first kappa shape index (κ1) is 23.5. The van der Waals surface area contributed by atoms with Crippen LogP contribution in [0.25, 0.3) is 0 Å². The monoisotopic (exact) mass is 432 g/mol. The average molecular weight is 433 g/mol. The van der Waals surface area contributed by atoms with Crippen molar-refractivity contribution < 1.29 is 9.66 Å². The number of nitro groups is 1. The summed E-state index contributed by atoms with van der Waals surface area (Å²) in [7, 11) is 0. The number of benzene rings is 3. The zero-order chi connectivity index (χ0) is 22.6. The molecule has 0 saturated carbocycles. The number of rotatable bonds is 13. The molecule has 0 aliphatic heterocycles. The molecule has 0 aromatic heterocycles.